The van der Waals surface area contributed by atoms with Gasteiger partial charge in [-0.1, -0.05) is 72.6 Å². The lowest BCUT2D eigenvalue weighted by molar-refractivity contribution is 0.127. The standard InChI is InChI=1S/C16H32/c1-5-7-8-9-15(6-2)16-12-13(3)10-11-14(16)4/h13-16H,5-12H2,1-4H3. The average molecular weight is 224 g/mol. The summed E-state index contributed by atoms with van der Waals surface area (Å²) >= 11 is 0. The van der Waals surface area contributed by atoms with Gasteiger partial charge in [0.25, 0.3) is 0 Å². The SMILES string of the molecule is CCCCCC(CC)C1CC(C)CCC1C. The molecule has 0 heteroatoms. The third-order valence-corrected chi connectivity index (χ3v) is 4.83. The highest BCUT2D eigenvalue weighted by atomic mass is 14.4. The van der Waals surface area contributed by atoms with E-state index in [1.165, 1.54) is 51.4 Å². The molecular formula is C16H32. The van der Waals surface area contributed by atoms with Gasteiger partial charge >= 0.3 is 0 Å². The van der Waals surface area contributed by atoms with E-state index in [9.17, 15) is 0 Å². The second-order valence-corrected chi connectivity index (χ2v) is 6.22. The lowest BCUT2D eigenvalue weighted by Gasteiger charge is -2.38. The van der Waals surface area contributed by atoms with Gasteiger partial charge in [0, 0.05) is 0 Å². The molecule has 0 nitrogen and oxygen atoms in total. The van der Waals surface area contributed by atoms with Crippen LogP contribution in [0.1, 0.15) is 79.1 Å². The smallest absolute Gasteiger partial charge is 0.0358 e. The highest BCUT2D eigenvalue weighted by molar-refractivity contribution is 4.80. The first-order chi connectivity index (χ1) is 7.69. The molecule has 0 spiro atoms. The number of hydrogen-bond donors (Lipinski definition) is 0. The molecule has 0 aliphatic heterocycles. The minimum atomic E-state index is 0.987. The molecule has 0 aromatic heterocycles. The second-order valence-electron chi connectivity index (χ2n) is 6.22. The molecule has 1 saturated carbocycles. The van der Waals surface area contributed by atoms with E-state index in [2.05, 4.69) is 27.7 Å². The van der Waals surface area contributed by atoms with Gasteiger partial charge in [0.05, 0.1) is 0 Å². The van der Waals surface area contributed by atoms with Gasteiger partial charge < -0.3 is 0 Å². The van der Waals surface area contributed by atoms with Crippen molar-refractivity contribution >= 4 is 0 Å². The first kappa shape index (κ1) is 14.1. The molecule has 0 aromatic rings. The maximum Gasteiger partial charge on any atom is -0.0358 e. The number of unbranched alkanes of at least 4 members (excludes halogenated alkanes) is 2. The highest BCUT2D eigenvalue weighted by Crippen LogP contribution is 2.40. The summed E-state index contributed by atoms with van der Waals surface area (Å²) in [7, 11) is 0. The molecule has 0 aromatic carbocycles. The maximum absolute atomic E-state index is 2.50. The Balaban J connectivity index is 2.42. The summed E-state index contributed by atoms with van der Waals surface area (Å²) < 4.78 is 0. The van der Waals surface area contributed by atoms with Crippen molar-refractivity contribution in [2.75, 3.05) is 0 Å². The third-order valence-electron chi connectivity index (χ3n) is 4.83. The van der Waals surface area contributed by atoms with E-state index < -0.39 is 0 Å². The van der Waals surface area contributed by atoms with Crippen LogP contribution in [0.2, 0.25) is 0 Å². The Morgan fingerprint density at radius 1 is 1.06 bits per heavy atom. The average Bonchev–Trinajstić information content (AvgIpc) is 2.28. The van der Waals surface area contributed by atoms with Crippen LogP contribution in [0.25, 0.3) is 0 Å². The van der Waals surface area contributed by atoms with Gasteiger partial charge in [-0.05, 0) is 30.1 Å². The van der Waals surface area contributed by atoms with Crippen LogP contribution in [-0.2, 0) is 0 Å². The monoisotopic (exact) mass is 224 g/mol. The van der Waals surface area contributed by atoms with Gasteiger partial charge in [-0.25, -0.2) is 0 Å². The summed E-state index contributed by atoms with van der Waals surface area (Å²) in [5.74, 6) is 4.03. The molecule has 0 bridgehead atoms. The van der Waals surface area contributed by atoms with Crippen molar-refractivity contribution in [2.45, 2.75) is 79.1 Å². The van der Waals surface area contributed by atoms with E-state index >= 15 is 0 Å². The van der Waals surface area contributed by atoms with Crippen LogP contribution in [0.3, 0.4) is 0 Å². The predicted molar refractivity (Wildman–Crippen MR) is 73.6 cm³/mol. The summed E-state index contributed by atoms with van der Waals surface area (Å²) in [6.07, 6.45) is 11.6. The van der Waals surface area contributed by atoms with E-state index in [0.29, 0.717) is 0 Å². The van der Waals surface area contributed by atoms with Gasteiger partial charge in [0.2, 0.25) is 0 Å². The quantitative estimate of drug-likeness (QED) is 0.510. The first-order valence-electron chi connectivity index (χ1n) is 7.69. The van der Waals surface area contributed by atoms with Crippen molar-refractivity contribution in [1.29, 1.82) is 0 Å². The molecule has 1 aliphatic carbocycles. The second kappa shape index (κ2) is 7.35. The summed E-state index contributed by atoms with van der Waals surface area (Å²) in [6, 6.07) is 0. The van der Waals surface area contributed by atoms with Crippen LogP contribution in [0, 0.1) is 23.7 Å². The molecular weight excluding hydrogens is 192 g/mol. The normalized spacial score (nSPS) is 32.6. The zero-order valence-electron chi connectivity index (χ0n) is 12.0. The minimum Gasteiger partial charge on any atom is -0.0654 e. The molecule has 0 amide bonds. The van der Waals surface area contributed by atoms with Crippen LogP contribution in [0.5, 0.6) is 0 Å². The minimum absolute atomic E-state index is 0.987. The Kier molecular flexibility index (Phi) is 6.46. The molecule has 0 radical (unpaired) electrons. The largest absolute Gasteiger partial charge is 0.0654 e. The topological polar surface area (TPSA) is 0 Å². The van der Waals surface area contributed by atoms with E-state index in [1.807, 2.05) is 0 Å². The van der Waals surface area contributed by atoms with Crippen molar-refractivity contribution in [2.24, 2.45) is 23.7 Å². The third kappa shape index (κ3) is 4.11. The van der Waals surface area contributed by atoms with Crippen LogP contribution in [0.4, 0.5) is 0 Å². The van der Waals surface area contributed by atoms with Crippen molar-refractivity contribution in [3.63, 3.8) is 0 Å². The summed E-state index contributed by atoms with van der Waals surface area (Å²) in [4.78, 5) is 0. The van der Waals surface area contributed by atoms with Gasteiger partial charge in [0.15, 0.2) is 0 Å². The van der Waals surface area contributed by atoms with Crippen LogP contribution >= 0.6 is 0 Å². The molecule has 1 rings (SSSR count). The molecule has 0 N–H and O–H groups in total. The van der Waals surface area contributed by atoms with Gasteiger partial charge in [-0.3, -0.25) is 0 Å². The fourth-order valence-corrected chi connectivity index (χ4v) is 3.61. The van der Waals surface area contributed by atoms with Gasteiger partial charge in [0.1, 0.15) is 0 Å². The first-order valence-corrected chi connectivity index (χ1v) is 7.69. The molecule has 16 heavy (non-hydrogen) atoms. The summed E-state index contributed by atoms with van der Waals surface area (Å²) in [5.41, 5.74) is 0. The van der Waals surface area contributed by atoms with Gasteiger partial charge in [-0.15, -0.1) is 0 Å². The van der Waals surface area contributed by atoms with Crippen molar-refractivity contribution in [3.8, 4) is 0 Å². The summed E-state index contributed by atoms with van der Waals surface area (Å²) in [5, 5.41) is 0. The maximum atomic E-state index is 2.50. The molecule has 0 saturated heterocycles. The lowest BCUT2D eigenvalue weighted by Crippen LogP contribution is -2.28. The molecule has 4 atom stereocenters. The molecule has 4 unspecified atom stereocenters. The van der Waals surface area contributed by atoms with Crippen LogP contribution in [-0.4, -0.2) is 0 Å². The molecule has 1 aliphatic rings. The Morgan fingerprint density at radius 3 is 2.44 bits per heavy atom. The fourth-order valence-electron chi connectivity index (χ4n) is 3.61. The van der Waals surface area contributed by atoms with E-state index in [-0.39, 0.29) is 0 Å². The number of rotatable bonds is 6. The Bertz CT molecular complexity index is 173. The Hall–Kier alpha value is 0. The number of hydrogen-bond acceptors (Lipinski definition) is 0. The van der Waals surface area contributed by atoms with E-state index in [0.717, 1.165) is 23.7 Å². The highest BCUT2D eigenvalue weighted by Gasteiger charge is 2.30. The zero-order valence-corrected chi connectivity index (χ0v) is 12.0. The van der Waals surface area contributed by atoms with Crippen LogP contribution < -0.4 is 0 Å². The van der Waals surface area contributed by atoms with Crippen LogP contribution in [0.15, 0.2) is 0 Å². The van der Waals surface area contributed by atoms with Gasteiger partial charge in [-0.2, -0.15) is 0 Å². The molecule has 0 heterocycles. The van der Waals surface area contributed by atoms with E-state index in [4.69, 9.17) is 0 Å². The Morgan fingerprint density at radius 2 is 1.81 bits per heavy atom. The summed E-state index contributed by atoms with van der Waals surface area (Å²) in [6.45, 7) is 9.67. The lowest BCUT2D eigenvalue weighted by atomic mass is 9.68. The molecule has 96 valence electrons. The van der Waals surface area contributed by atoms with Crippen molar-refractivity contribution in [1.82, 2.24) is 0 Å². The zero-order chi connectivity index (χ0) is 12.0. The predicted octanol–water partition coefficient (Wildman–Crippen LogP) is 5.67. The van der Waals surface area contributed by atoms with Crippen molar-refractivity contribution < 1.29 is 0 Å². The van der Waals surface area contributed by atoms with E-state index in [1.54, 1.807) is 0 Å². The van der Waals surface area contributed by atoms with Crippen molar-refractivity contribution in [3.05, 3.63) is 0 Å². The fraction of sp³-hybridized carbons (Fsp3) is 1.00. The Labute approximate surface area is 103 Å². The molecule has 1 fully saturated rings.